The normalized spacial score (nSPS) is 11.3. The molecular formula is C16H25FN2O2. The van der Waals surface area contributed by atoms with Gasteiger partial charge in [0.1, 0.15) is 0 Å². The van der Waals surface area contributed by atoms with E-state index in [4.69, 9.17) is 4.74 Å². The molecule has 0 aliphatic rings. The molecule has 0 fully saturated rings. The Labute approximate surface area is 126 Å². The number of benzene rings is 1. The molecule has 1 aromatic rings. The molecule has 4 nitrogen and oxygen atoms in total. The summed E-state index contributed by atoms with van der Waals surface area (Å²) >= 11 is 0. The third-order valence-corrected chi connectivity index (χ3v) is 3.41. The largest absolute Gasteiger partial charge is 0.494 e. The molecule has 1 aromatic carbocycles. The molecule has 0 saturated heterocycles. The van der Waals surface area contributed by atoms with Crippen molar-refractivity contribution in [2.45, 2.75) is 39.8 Å². The van der Waals surface area contributed by atoms with Gasteiger partial charge in [-0.15, -0.1) is 0 Å². The smallest absolute Gasteiger partial charge is 0.242 e. The van der Waals surface area contributed by atoms with E-state index in [-0.39, 0.29) is 11.7 Å². The first-order chi connectivity index (χ1) is 9.85. The molecule has 0 atom stereocenters. The van der Waals surface area contributed by atoms with Crippen molar-refractivity contribution in [3.05, 3.63) is 29.6 Å². The van der Waals surface area contributed by atoms with E-state index >= 15 is 0 Å². The van der Waals surface area contributed by atoms with Crippen molar-refractivity contribution in [3.63, 3.8) is 0 Å². The van der Waals surface area contributed by atoms with Gasteiger partial charge in [0.2, 0.25) is 5.91 Å². The van der Waals surface area contributed by atoms with Gasteiger partial charge in [0.05, 0.1) is 12.6 Å². The van der Waals surface area contributed by atoms with Crippen LogP contribution in [-0.4, -0.2) is 36.5 Å². The van der Waals surface area contributed by atoms with E-state index in [0.29, 0.717) is 19.6 Å². The van der Waals surface area contributed by atoms with E-state index in [9.17, 15) is 9.18 Å². The maximum Gasteiger partial charge on any atom is 0.242 e. The summed E-state index contributed by atoms with van der Waals surface area (Å²) in [5.41, 5.74) is 0.117. The van der Waals surface area contributed by atoms with E-state index in [1.807, 2.05) is 27.7 Å². The second-order valence-corrected chi connectivity index (χ2v) is 5.44. The molecule has 118 valence electrons. The molecule has 0 unspecified atom stereocenters. The number of methoxy groups -OCH3 is 1. The van der Waals surface area contributed by atoms with Crippen LogP contribution in [0.25, 0.3) is 0 Å². The fourth-order valence-electron chi connectivity index (χ4n) is 2.27. The van der Waals surface area contributed by atoms with Gasteiger partial charge in [0.15, 0.2) is 11.6 Å². The highest BCUT2D eigenvalue weighted by Crippen LogP contribution is 2.19. The second kappa shape index (κ2) is 7.41. The van der Waals surface area contributed by atoms with E-state index in [1.165, 1.54) is 13.2 Å². The summed E-state index contributed by atoms with van der Waals surface area (Å²) in [4.78, 5) is 14.3. The topological polar surface area (TPSA) is 41.6 Å². The van der Waals surface area contributed by atoms with Crippen molar-refractivity contribution in [1.29, 1.82) is 0 Å². The third kappa shape index (κ3) is 4.43. The lowest BCUT2D eigenvalue weighted by Gasteiger charge is -2.32. The van der Waals surface area contributed by atoms with Crippen molar-refractivity contribution in [2.24, 2.45) is 0 Å². The number of rotatable bonds is 7. The second-order valence-electron chi connectivity index (χ2n) is 5.44. The quantitative estimate of drug-likeness (QED) is 0.841. The number of carbonyl (C=O) groups is 1. The highest BCUT2D eigenvalue weighted by molar-refractivity contribution is 5.85. The first kappa shape index (κ1) is 17.4. The zero-order chi connectivity index (χ0) is 16.0. The number of likely N-dealkylation sites (N-methyl/N-ethyl adjacent to an activating group) is 2. The minimum Gasteiger partial charge on any atom is -0.494 e. The molecule has 0 aromatic heterocycles. The Morgan fingerprint density at radius 1 is 1.38 bits per heavy atom. The molecule has 0 saturated carbocycles. The molecule has 21 heavy (non-hydrogen) atoms. The SMILES string of the molecule is CCNC(C)(C)C(=O)N(CC)Cc1ccc(OC)c(F)c1. The average molecular weight is 296 g/mol. The van der Waals surface area contributed by atoms with E-state index in [2.05, 4.69) is 5.32 Å². The average Bonchev–Trinajstić information content (AvgIpc) is 2.44. The van der Waals surface area contributed by atoms with Crippen LogP contribution in [0.1, 0.15) is 33.3 Å². The molecule has 0 aliphatic heterocycles. The van der Waals surface area contributed by atoms with E-state index < -0.39 is 11.4 Å². The number of hydrogen-bond donors (Lipinski definition) is 1. The Morgan fingerprint density at radius 3 is 2.52 bits per heavy atom. The summed E-state index contributed by atoms with van der Waals surface area (Å²) in [7, 11) is 1.43. The standard InChI is InChI=1S/C16H25FN2O2/c1-6-18-16(3,4)15(20)19(7-2)11-12-8-9-14(21-5)13(17)10-12/h8-10,18H,6-7,11H2,1-5H3. The molecule has 0 heterocycles. The van der Waals surface area contributed by atoms with Crippen LogP contribution >= 0.6 is 0 Å². The predicted octanol–water partition coefficient (Wildman–Crippen LogP) is 2.57. The van der Waals surface area contributed by atoms with Crippen LogP contribution in [0.3, 0.4) is 0 Å². The molecule has 0 bridgehead atoms. The zero-order valence-electron chi connectivity index (χ0n) is 13.5. The summed E-state index contributed by atoms with van der Waals surface area (Å²) in [5, 5.41) is 3.17. The van der Waals surface area contributed by atoms with Gasteiger partial charge in [-0.1, -0.05) is 13.0 Å². The van der Waals surface area contributed by atoms with E-state index in [1.54, 1.807) is 17.0 Å². The molecule has 0 aliphatic carbocycles. The van der Waals surface area contributed by atoms with Crippen LogP contribution in [0.4, 0.5) is 4.39 Å². The van der Waals surface area contributed by atoms with E-state index in [0.717, 1.165) is 5.56 Å². The highest BCUT2D eigenvalue weighted by Gasteiger charge is 2.30. The number of carbonyl (C=O) groups excluding carboxylic acids is 1. The number of hydrogen-bond acceptors (Lipinski definition) is 3. The highest BCUT2D eigenvalue weighted by atomic mass is 19.1. The lowest BCUT2D eigenvalue weighted by molar-refractivity contribution is -0.137. The number of amides is 1. The summed E-state index contributed by atoms with van der Waals surface area (Å²) in [6.07, 6.45) is 0. The molecule has 1 rings (SSSR count). The third-order valence-electron chi connectivity index (χ3n) is 3.41. The fourth-order valence-corrected chi connectivity index (χ4v) is 2.27. The van der Waals surface area contributed by atoms with Crippen LogP contribution in [0.5, 0.6) is 5.75 Å². The van der Waals surface area contributed by atoms with Gasteiger partial charge in [0.25, 0.3) is 0 Å². The molecular weight excluding hydrogens is 271 g/mol. The number of nitrogens with zero attached hydrogens (tertiary/aromatic N) is 1. The van der Waals surface area contributed by atoms with Gasteiger partial charge in [-0.2, -0.15) is 0 Å². The number of ether oxygens (including phenoxy) is 1. The van der Waals surface area contributed by atoms with Gasteiger partial charge in [0, 0.05) is 13.1 Å². The lowest BCUT2D eigenvalue weighted by Crippen LogP contribution is -2.53. The van der Waals surface area contributed by atoms with Gasteiger partial charge in [-0.3, -0.25) is 4.79 Å². The van der Waals surface area contributed by atoms with Crippen LogP contribution < -0.4 is 10.1 Å². The van der Waals surface area contributed by atoms with Crippen molar-refractivity contribution in [2.75, 3.05) is 20.2 Å². The molecule has 1 N–H and O–H groups in total. The lowest BCUT2D eigenvalue weighted by atomic mass is 10.0. The summed E-state index contributed by atoms with van der Waals surface area (Å²) in [6.45, 7) is 9.26. The molecule has 5 heteroatoms. The molecule has 0 spiro atoms. The number of halogens is 1. The Balaban J connectivity index is 2.87. The Bertz CT molecular complexity index is 489. The maximum atomic E-state index is 13.7. The Kier molecular flexibility index (Phi) is 6.15. The van der Waals surface area contributed by atoms with Crippen molar-refractivity contribution in [1.82, 2.24) is 10.2 Å². The number of nitrogens with one attached hydrogen (secondary N) is 1. The Hall–Kier alpha value is -1.62. The maximum absolute atomic E-state index is 13.7. The van der Waals surface area contributed by atoms with Crippen LogP contribution in [0, 0.1) is 5.82 Å². The summed E-state index contributed by atoms with van der Waals surface area (Å²) in [6, 6.07) is 4.77. The van der Waals surface area contributed by atoms with Crippen LogP contribution in [0.15, 0.2) is 18.2 Å². The minimum atomic E-state index is -0.629. The minimum absolute atomic E-state index is 0.00285. The molecule has 1 amide bonds. The van der Waals surface area contributed by atoms with Gasteiger partial charge in [-0.05, 0) is 45.0 Å². The van der Waals surface area contributed by atoms with Crippen molar-refractivity contribution in [3.8, 4) is 5.75 Å². The summed E-state index contributed by atoms with van der Waals surface area (Å²) in [5.74, 6) is -0.200. The van der Waals surface area contributed by atoms with Crippen molar-refractivity contribution >= 4 is 5.91 Å². The van der Waals surface area contributed by atoms with Gasteiger partial charge in [-0.25, -0.2) is 4.39 Å². The monoisotopic (exact) mass is 296 g/mol. The van der Waals surface area contributed by atoms with Crippen LogP contribution in [0.2, 0.25) is 0 Å². The fraction of sp³-hybridized carbons (Fsp3) is 0.562. The molecule has 0 radical (unpaired) electrons. The first-order valence-electron chi connectivity index (χ1n) is 7.22. The van der Waals surface area contributed by atoms with Gasteiger partial charge >= 0.3 is 0 Å². The summed E-state index contributed by atoms with van der Waals surface area (Å²) < 4.78 is 18.6. The zero-order valence-corrected chi connectivity index (χ0v) is 13.5. The predicted molar refractivity (Wildman–Crippen MR) is 81.8 cm³/mol. The van der Waals surface area contributed by atoms with Crippen LogP contribution in [-0.2, 0) is 11.3 Å². The first-order valence-corrected chi connectivity index (χ1v) is 7.22. The Morgan fingerprint density at radius 2 is 2.05 bits per heavy atom. The van der Waals surface area contributed by atoms with Gasteiger partial charge < -0.3 is 15.0 Å². The van der Waals surface area contributed by atoms with Crippen molar-refractivity contribution < 1.29 is 13.9 Å².